The molecule has 1 aliphatic heterocycles. The fourth-order valence-electron chi connectivity index (χ4n) is 4.08. The van der Waals surface area contributed by atoms with Gasteiger partial charge in [-0.15, -0.1) is 0 Å². The minimum absolute atomic E-state index is 0.231. The first-order chi connectivity index (χ1) is 15.4. The minimum atomic E-state index is -0.438. The molecule has 0 spiro atoms. The van der Waals surface area contributed by atoms with Crippen LogP contribution in [0.1, 0.15) is 35.4 Å². The van der Waals surface area contributed by atoms with Crippen LogP contribution in [-0.2, 0) is 6.54 Å². The van der Waals surface area contributed by atoms with E-state index in [1.807, 2.05) is 32.0 Å². The van der Waals surface area contributed by atoms with E-state index in [1.54, 1.807) is 23.2 Å². The molecule has 32 heavy (non-hydrogen) atoms. The molecule has 3 aromatic heterocycles. The monoisotopic (exact) mass is 426 g/mol. The Balaban J connectivity index is 1.84. The van der Waals surface area contributed by atoms with Gasteiger partial charge in [-0.3, -0.25) is 4.98 Å². The number of benzene rings is 1. The van der Waals surface area contributed by atoms with Crippen LogP contribution in [0, 0.1) is 24.1 Å². The molecule has 0 aliphatic carbocycles. The molecular formula is C24H19FN6O. The van der Waals surface area contributed by atoms with E-state index in [0.717, 1.165) is 16.7 Å². The third kappa shape index (κ3) is 3.24. The molecule has 7 nitrogen and oxygen atoms in total. The van der Waals surface area contributed by atoms with Gasteiger partial charge in [-0.25, -0.2) is 14.4 Å². The molecular weight excluding hydrogens is 407 g/mol. The number of rotatable bonds is 0. The topological polar surface area (TPSA) is 103 Å². The lowest BCUT2D eigenvalue weighted by Gasteiger charge is -2.22. The van der Waals surface area contributed by atoms with Gasteiger partial charge in [0.05, 0.1) is 30.5 Å². The minimum Gasteiger partial charge on any atom is -0.482 e. The molecule has 158 valence electrons. The fourth-order valence-corrected chi connectivity index (χ4v) is 4.08. The van der Waals surface area contributed by atoms with Gasteiger partial charge in [0.25, 0.3) is 0 Å². The van der Waals surface area contributed by atoms with Crippen LogP contribution in [0.15, 0.2) is 49.1 Å². The van der Waals surface area contributed by atoms with Crippen LogP contribution in [0.5, 0.6) is 5.75 Å². The quantitative estimate of drug-likeness (QED) is 0.447. The van der Waals surface area contributed by atoms with Crippen molar-refractivity contribution in [2.45, 2.75) is 26.5 Å². The maximum atomic E-state index is 14.2. The van der Waals surface area contributed by atoms with E-state index >= 15 is 0 Å². The second-order valence-electron chi connectivity index (χ2n) is 7.80. The molecule has 0 radical (unpaired) electrons. The normalized spacial score (nSPS) is 14.6. The van der Waals surface area contributed by atoms with Crippen molar-refractivity contribution in [3.8, 4) is 34.3 Å². The van der Waals surface area contributed by atoms with Crippen LogP contribution in [0.4, 0.5) is 10.2 Å². The first kappa shape index (κ1) is 19.7. The molecule has 0 fully saturated rings. The second-order valence-corrected chi connectivity index (χ2v) is 7.80. The molecule has 0 saturated carbocycles. The number of nitriles is 1. The van der Waals surface area contributed by atoms with Crippen molar-refractivity contribution in [1.82, 2.24) is 19.5 Å². The Morgan fingerprint density at radius 2 is 2.03 bits per heavy atom. The van der Waals surface area contributed by atoms with Crippen LogP contribution in [0.25, 0.3) is 22.5 Å². The highest BCUT2D eigenvalue weighted by atomic mass is 19.1. The molecule has 0 unspecified atom stereocenters. The standard InChI is InChI=1S/C24H19FN6O/c1-13-3-4-18-19(5-13)14(2)32-21-7-15(9-29-24(21)27)23-20(8-26)30-12-31(23)11-16-6-17(25)10-28-22(16)18/h3-7,9-10,12,14H,11H2,1-2H3,(H2,27,29)/t14-/m1/s1. The highest BCUT2D eigenvalue weighted by Crippen LogP contribution is 2.37. The summed E-state index contributed by atoms with van der Waals surface area (Å²) in [4.78, 5) is 12.9. The Morgan fingerprint density at radius 1 is 1.19 bits per heavy atom. The summed E-state index contributed by atoms with van der Waals surface area (Å²) in [6, 6.07) is 11.3. The van der Waals surface area contributed by atoms with Gasteiger partial charge in [0.1, 0.15) is 18.0 Å². The van der Waals surface area contributed by atoms with Gasteiger partial charge in [-0.2, -0.15) is 5.26 Å². The number of ether oxygens (including phenoxy) is 1. The predicted octanol–water partition coefficient (Wildman–Crippen LogP) is 4.41. The number of hydrogen-bond donors (Lipinski definition) is 1. The number of fused-ring (bicyclic) bond motifs is 7. The number of nitrogens with zero attached hydrogens (tertiary/aromatic N) is 5. The summed E-state index contributed by atoms with van der Waals surface area (Å²) in [7, 11) is 0. The summed E-state index contributed by atoms with van der Waals surface area (Å²) in [6.45, 7) is 4.19. The smallest absolute Gasteiger partial charge is 0.166 e. The molecule has 8 heteroatoms. The van der Waals surface area contributed by atoms with Crippen molar-refractivity contribution in [1.29, 1.82) is 5.26 Å². The van der Waals surface area contributed by atoms with Gasteiger partial charge in [0.2, 0.25) is 0 Å². The number of nitrogens with two attached hydrogens (primary N) is 1. The zero-order valence-electron chi connectivity index (χ0n) is 17.5. The summed E-state index contributed by atoms with van der Waals surface area (Å²) < 4.78 is 22.3. The molecule has 2 bridgehead atoms. The van der Waals surface area contributed by atoms with Gasteiger partial charge in [0, 0.05) is 28.5 Å². The van der Waals surface area contributed by atoms with E-state index in [1.165, 1.54) is 12.3 Å². The fraction of sp³-hybridized carbons (Fsp3) is 0.167. The van der Waals surface area contributed by atoms with Crippen molar-refractivity contribution in [3.05, 3.63) is 77.3 Å². The molecule has 4 heterocycles. The Morgan fingerprint density at radius 3 is 2.84 bits per heavy atom. The molecule has 1 atom stereocenters. The number of imidazole rings is 1. The first-order valence-electron chi connectivity index (χ1n) is 10.1. The van der Waals surface area contributed by atoms with Gasteiger partial charge < -0.3 is 15.0 Å². The lowest BCUT2D eigenvalue weighted by molar-refractivity contribution is 0.228. The molecule has 2 N–H and O–H groups in total. The number of nitrogen functional groups attached to an aromatic ring is 1. The van der Waals surface area contributed by atoms with Gasteiger partial charge in [0.15, 0.2) is 17.3 Å². The molecule has 0 saturated heterocycles. The number of pyridine rings is 2. The largest absolute Gasteiger partial charge is 0.482 e. The maximum Gasteiger partial charge on any atom is 0.166 e. The van der Waals surface area contributed by atoms with Crippen LogP contribution in [-0.4, -0.2) is 19.5 Å². The van der Waals surface area contributed by atoms with Crippen LogP contribution >= 0.6 is 0 Å². The number of halogens is 1. The van der Waals surface area contributed by atoms with Crippen LogP contribution < -0.4 is 10.5 Å². The molecule has 4 aromatic rings. The predicted molar refractivity (Wildman–Crippen MR) is 117 cm³/mol. The number of aromatic nitrogens is 4. The van der Waals surface area contributed by atoms with Crippen molar-refractivity contribution < 1.29 is 9.13 Å². The molecule has 1 aliphatic rings. The second kappa shape index (κ2) is 7.46. The number of aryl methyl sites for hydroxylation is 1. The zero-order valence-corrected chi connectivity index (χ0v) is 17.5. The summed E-state index contributed by atoms with van der Waals surface area (Å²) in [5.41, 5.74) is 11.6. The van der Waals surface area contributed by atoms with E-state index in [2.05, 4.69) is 21.0 Å². The lowest BCUT2D eigenvalue weighted by atomic mass is 9.95. The molecule has 1 aromatic carbocycles. The number of hydrogen-bond acceptors (Lipinski definition) is 6. The average molecular weight is 426 g/mol. The number of anilines is 1. The molecule has 0 amide bonds. The first-order valence-corrected chi connectivity index (χ1v) is 10.1. The van der Waals surface area contributed by atoms with E-state index in [4.69, 9.17) is 10.5 Å². The Hall–Kier alpha value is -4.25. The third-order valence-electron chi connectivity index (χ3n) is 5.58. The average Bonchev–Trinajstić information content (AvgIpc) is 3.17. The SMILES string of the molecule is Cc1ccc2c(c1)[C@@H](C)Oc1cc(cnc1N)-c1c(C#N)ncn1Cc1cc(F)cnc1-2. The zero-order chi connectivity index (χ0) is 22.4. The van der Waals surface area contributed by atoms with Crippen LogP contribution in [0.2, 0.25) is 0 Å². The third-order valence-corrected chi connectivity index (χ3v) is 5.58. The highest BCUT2D eigenvalue weighted by molar-refractivity contribution is 5.71. The summed E-state index contributed by atoms with van der Waals surface area (Å²) >= 11 is 0. The highest BCUT2D eigenvalue weighted by Gasteiger charge is 2.23. The van der Waals surface area contributed by atoms with E-state index in [-0.39, 0.29) is 24.2 Å². The summed E-state index contributed by atoms with van der Waals surface area (Å²) in [5.74, 6) is 0.219. The van der Waals surface area contributed by atoms with Gasteiger partial charge in [-0.1, -0.05) is 23.8 Å². The summed E-state index contributed by atoms with van der Waals surface area (Å²) in [5, 5.41) is 9.62. The van der Waals surface area contributed by atoms with E-state index in [9.17, 15) is 9.65 Å². The lowest BCUT2D eigenvalue weighted by Crippen LogP contribution is -2.11. The van der Waals surface area contributed by atoms with E-state index < -0.39 is 5.82 Å². The van der Waals surface area contributed by atoms with Crippen molar-refractivity contribution >= 4 is 5.82 Å². The van der Waals surface area contributed by atoms with Gasteiger partial charge in [-0.05, 0) is 26.0 Å². The summed E-state index contributed by atoms with van der Waals surface area (Å²) in [6.07, 6.45) is 3.96. The Labute approximate surface area is 184 Å². The maximum absolute atomic E-state index is 14.2. The van der Waals surface area contributed by atoms with Crippen molar-refractivity contribution in [2.75, 3.05) is 5.73 Å². The van der Waals surface area contributed by atoms with Crippen molar-refractivity contribution in [2.24, 2.45) is 0 Å². The van der Waals surface area contributed by atoms with Gasteiger partial charge >= 0.3 is 0 Å². The Kier molecular flexibility index (Phi) is 4.59. The van der Waals surface area contributed by atoms with Crippen LogP contribution in [0.3, 0.4) is 0 Å². The molecule has 5 rings (SSSR count). The van der Waals surface area contributed by atoms with E-state index in [0.29, 0.717) is 28.3 Å². The van der Waals surface area contributed by atoms with Crippen molar-refractivity contribution in [3.63, 3.8) is 0 Å². The Bertz CT molecular complexity index is 1400.